The van der Waals surface area contributed by atoms with Crippen LogP contribution in [-0.2, 0) is 9.53 Å². The lowest BCUT2D eigenvalue weighted by molar-refractivity contribution is -0.133. The van der Waals surface area contributed by atoms with E-state index in [0.29, 0.717) is 10.6 Å². The van der Waals surface area contributed by atoms with Crippen molar-refractivity contribution in [2.75, 3.05) is 12.4 Å². The van der Waals surface area contributed by atoms with Crippen LogP contribution in [0.1, 0.15) is 24.2 Å². The van der Waals surface area contributed by atoms with Crippen molar-refractivity contribution >= 4 is 28.2 Å². The van der Waals surface area contributed by atoms with Gasteiger partial charge < -0.3 is 15.8 Å². The molecule has 0 radical (unpaired) electrons. The van der Waals surface area contributed by atoms with E-state index in [1.807, 2.05) is 0 Å². The van der Waals surface area contributed by atoms with E-state index in [9.17, 15) is 9.59 Å². The number of rotatable bonds is 4. The van der Waals surface area contributed by atoms with Crippen LogP contribution < -0.4 is 11.1 Å². The highest BCUT2D eigenvalue weighted by molar-refractivity contribution is 7.14. The highest BCUT2D eigenvalue weighted by atomic mass is 32.1. The zero-order valence-corrected chi connectivity index (χ0v) is 10.2. The van der Waals surface area contributed by atoms with E-state index in [1.54, 1.807) is 25.3 Å². The number of methoxy groups -OCH3 is 1. The van der Waals surface area contributed by atoms with Gasteiger partial charge in [-0.05, 0) is 25.3 Å². The average molecular weight is 242 g/mol. The molecule has 0 unspecified atom stereocenters. The fourth-order valence-corrected chi connectivity index (χ4v) is 1.73. The molecule has 5 nitrogen and oxygen atoms in total. The minimum atomic E-state index is -0.946. The van der Waals surface area contributed by atoms with E-state index in [2.05, 4.69) is 5.32 Å². The number of carbonyl (C=O) groups is 2. The second kappa shape index (κ2) is 4.63. The van der Waals surface area contributed by atoms with Crippen LogP contribution in [-0.4, -0.2) is 24.5 Å². The summed E-state index contributed by atoms with van der Waals surface area (Å²) in [5, 5.41) is 4.75. The molecule has 0 saturated carbocycles. The van der Waals surface area contributed by atoms with Gasteiger partial charge in [0, 0.05) is 7.11 Å². The molecule has 16 heavy (non-hydrogen) atoms. The highest BCUT2D eigenvalue weighted by Gasteiger charge is 2.28. The molecule has 6 heteroatoms. The third-order valence-corrected chi connectivity index (χ3v) is 3.04. The summed E-state index contributed by atoms with van der Waals surface area (Å²) < 4.78 is 5.02. The number of nitrogens with one attached hydrogen (secondary N) is 1. The summed E-state index contributed by atoms with van der Waals surface area (Å²) in [6, 6.07) is 1.57. The second-order valence-electron chi connectivity index (χ2n) is 3.70. The Bertz CT molecular complexity index is 412. The third-order valence-electron chi connectivity index (χ3n) is 2.21. The number of nitrogens with two attached hydrogens (primary N) is 1. The van der Waals surface area contributed by atoms with Gasteiger partial charge in [0.25, 0.3) is 11.8 Å². The van der Waals surface area contributed by atoms with E-state index in [4.69, 9.17) is 10.5 Å². The van der Waals surface area contributed by atoms with Crippen LogP contribution in [0.4, 0.5) is 5.00 Å². The number of primary amides is 1. The van der Waals surface area contributed by atoms with Crippen molar-refractivity contribution in [3.63, 3.8) is 0 Å². The maximum absolute atomic E-state index is 11.8. The molecule has 1 aromatic heterocycles. The number of ether oxygens (including phenoxy) is 1. The average Bonchev–Trinajstić information content (AvgIpc) is 2.65. The third kappa shape index (κ3) is 2.59. The molecule has 3 N–H and O–H groups in total. The maximum Gasteiger partial charge on any atom is 0.256 e. The molecule has 2 amide bonds. The van der Waals surface area contributed by atoms with Crippen LogP contribution >= 0.6 is 11.3 Å². The highest BCUT2D eigenvalue weighted by Crippen LogP contribution is 2.24. The molecule has 0 fully saturated rings. The van der Waals surface area contributed by atoms with Crippen molar-refractivity contribution in [3.05, 3.63) is 17.0 Å². The van der Waals surface area contributed by atoms with Crippen LogP contribution in [0, 0.1) is 0 Å². The Kier molecular flexibility index (Phi) is 3.66. The zero-order chi connectivity index (χ0) is 12.3. The Hall–Kier alpha value is -1.40. The molecule has 1 heterocycles. The number of amides is 2. The monoisotopic (exact) mass is 242 g/mol. The summed E-state index contributed by atoms with van der Waals surface area (Å²) >= 11 is 1.24. The Morgan fingerprint density at radius 3 is 2.62 bits per heavy atom. The van der Waals surface area contributed by atoms with Crippen molar-refractivity contribution in [1.82, 2.24) is 0 Å². The smallest absolute Gasteiger partial charge is 0.256 e. The van der Waals surface area contributed by atoms with Gasteiger partial charge in [0.1, 0.15) is 10.6 Å². The Labute approximate surface area is 97.6 Å². The van der Waals surface area contributed by atoms with Gasteiger partial charge in [0.05, 0.1) is 5.56 Å². The molecule has 0 bridgehead atoms. The van der Waals surface area contributed by atoms with E-state index in [-0.39, 0.29) is 5.91 Å². The number of hydrogen-bond acceptors (Lipinski definition) is 4. The van der Waals surface area contributed by atoms with E-state index in [0.717, 1.165) is 0 Å². The lowest BCUT2D eigenvalue weighted by atomic mass is 10.1. The maximum atomic E-state index is 11.8. The zero-order valence-electron chi connectivity index (χ0n) is 9.37. The summed E-state index contributed by atoms with van der Waals surface area (Å²) in [6.45, 7) is 3.28. The van der Waals surface area contributed by atoms with Crippen LogP contribution in [0.5, 0.6) is 0 Å². The quantitative estimate of drug-likeness (QED) is 0.832. The lowest BCUT2D eigenvalue weighted by Gasteiger charge is -2.21. The molecule has 0 atom stereocenters. The van der Waals surface area contributed by atoms with Crippen LogP contribution in [0.2, 0.25) is 0 Å². The van der Waals surface area contributed by atoms with E-state index >= 15 is 0 Å². The largest absolute Gasteiger partial charge is 0.369 e. The van der Waals surface area contributed by atoms with Gasteiger partial charge in [-0.25, -0.2) is 0 Å². The first-order chi connectivity index (χ1) is 7.38. The first-order valence-corrected chi connectivity index (χ1v) is 5.50. The van der Waals surface area contributed by atoms with Crippen LogP contribution in [0.25, 0.3) is 0 Å². The van der Waals surface area contributed by atoms with E-state index in [1.165, 1.54) is 18.4 Å². The summed E-state index contributed by atoms with van der Waals surface area (Å²) in [5.74, 6) is -0.883. The lowest BCUT2D eigenvalue weighted by Crippen LogP contribution is -2.39. The summed E-state index contributed by atoms with van der Waals surface area (Å²) in [7, 11) is 1.45. The van der Waals surface area contributed by atoms with Gasteiger partial charge in [0.15, 0.2) is 0 Å². The van der Waals surface area contributed by atoms with Crippen LogP contribution in [0.15, 0.2) is 11.4 Å². The van der Waals surface area contributed by atoms with Gasteiger partial charge in [-0.1, -0.05) is 0 Å². The Balaban J connectivity index is 2.85. The second-order valence-corrected chi connectivity index (χ2v) is 4.61. The molecular formula is C10H14N2O3S. The van der Waals surface area contributed by atoms with Crippen molar-refractivity contribution < 1.29 is 14.3 Å². The van der Waals surface area contributed by atoms with E-state index < -0.39 is 11.5 Å². The minimum Gasteiger partial charge on any atom is -0.369 e. The molecule has 1 aromatic rings. The molecule has 0 aliphatic heterocycles. The van der Waals surface area contributed by atoms with Gasteiger partial charge in [0.2, 0.25) is 0 Å². The predicted octanol–water partition coefficient (Wildman–Crippen LogP) is 1.21. The summed E-state index contributed by atoms with van der Waals surface area (Å²) in [6.07, 6.45) is 0. The normalized spacial score (nSPS) is 11.2. The van der Waals surface area contributed by atoms with Crippen molar-refractivity contribution in [3.8, 4) is 0 Å². The predicted molar refractivity (Wildman–Crippen MR) is 62.6 cm³/mol. The molecule has 0 aromatic carbocycles. The first kappa shape index (κ1) is 12.7. The molecule has 88 valence electrons. The molecule has 0 spiro atoms. The number of carbonyl (C=O) groups excluding carboxylic acids is 2. The van der Waals surface area contributed by atoms with Gasteiger partial charge >= 0.3 is 0 Å². The number of thiophene rings is 1. The fraction of sp³-hybridized carbons (Fsp3) is 0.400. The molecular weight excluding hydrogens is 228 g/mol. The first-order valence-electron chi connectivity index (χ1n) is 4.62. The minimum absolute atomic E-state index is 0.310. The molecule has 0 aliphatic carbocycles. The SMILES string of the molecule is COC(C)(C)C(=O)Nc1sccc1C(N)=O. The number of anilines is 1. The fourth-order valence-electron chi connectivity index (χ4n) is 0.946. The van der Waals surface area contributed by atoms with Gasteiger partial charge in [-0.15, -0.1) is 11.3 Å². The molecule has 1 rings (SSSR count). The van der Waals surface area contributed by atoms with Gasteiger partial charge in [-0.3, -0.25) is 9.59 Å². The molecule has 0 saturated heterocycles. The van der Waals surface area contributed by atoms with Crippen LogP contribution in [0.3, 0.4) is 0 Å². The van der Waals surface area contributed by atoms with Crippen molar-refractivity contribution in [2.24, 2.45) is 5.73 Å². The topological polar surface area (TPSA) is 81.4 Å². The molecule has 0 aliphatic rings. The van der Waals surface area contributed by atoms with Crippen molar-refractivity contribution in [2.45, 2.75) is 19.4 Å². The Morgan fingerprint density at radius 1 is 1.50 bits per heavy atom. The summed E-state index contributed by atoms with van der Waals surface area (Å²) in [4.78, 5) is 22.8. The van der Waals surface area contributed by atoms with Gasteiger partial charge in [-0.2, -0.15) is 0 Å². The standard InChI is InChI=1S/C10H14N2O3S/c1-10(2,15-3)9(14)12-8-6(7(11)13)4-5-16-8/h4-5H,1-3H3,(H2,11,13)(H,12,14). The number of hydrogen-bond donors (Lipinski definition) is 2. The Morgan fingerprint density at radius 2 is 2.12 bits per heavy atom. The summed E-state index contributed by atoms with van der Waals surface area (Å²) in [5.41, 5.74) is 4.53. The van der Waals surface area contributed by atoms with Crippen molar-refractivity contribution in [1.29, 1.82) is 0 Å².